The van der Waals surface area contributed by atoms with E-state index in [0.29, 0.717) is 0 Å². The van der Waals surface area contributed by atoms with Gasteiger partial charge in [0.1, 0.15) is 0 Å². The minimum atomic E-state index is 0.764. The molecule has 0 aliphatic carbocycles. The lowest BCUT2D eigenvalue weighted by Gasteiger charge is -2.37. The van der Waals surface area contributed by atoms with E-state index in [-0.39, 0.29) is 0 Å². The first-order valence-corrected chi connectivity index (χ1v) is 8.56. The van der Waals surface area contributed by atoms with Gasteiger partial charge in [-0.25, -0.2) is 0 Å². The molecule has 0 radical (unpaired) electrons. The summed E-state index contributed by atoms with van der Waals surface area (Å²) in [4.78, 5) is 10.3. The van der Waals surface area contributed by atoms with E-state index in [1.165, 1.54) is 78.3 Å². The fourth-order valence-corrected chi connectivity index (χ4v) is 3.38. The second-order valence-corrected chi connectivity index (χ2v) is 6.61. The molecule has 20 heavy (non-hydrogen) atoms. The number of rotatable bonds is 6. The maximum absolute atomic E-state index is 2.68. The number of hydrogen-bond acceptors (Lipinski definition) is 4. The molecule has 118 valence electrons. The van der Waals surface area contributed by atoms with Crippen molar-refractivity contribution in [2.45, 2.75) is 32.7 Å². The fraction of sp³-hybridized carbons (Fsp3) is 1.00. The maximum Gasteiger partial charge on any atom is 0.0113 e. The first-order valence-electron chi connectivity index (χ1n) is 8.56. The van der Waals surface area contributed by atoms with Gasteiger partial charge in [-0.1, -0.05) is 6.92 Å². The van der Waals surface area contributed by atoms with Crippen LogP contribution in [0.2, 0.25) is 0 Å². The monoisotopic (exact) mass is 282 g/mol. The zero-order chi connectivity index (χ0) is 14.4. The molecule has 1 unspecified atom stereocenters. The highest BCUT2D eigenvalue weighted by atomic mass is 15.3. The summed E-state index contributed by atoms with van der Waals surface area (Å²) in [5, 5.41) is 0. The molecule has 0 aromatic carbocycles. The fourth-order valence-electron chi connectivity index (χ4n) is 3.38. The van der Waals surface area contributed by atoms with E-state index in [4.69, 9.17) is 0 Å². The van der Waals surface area contributed by atoms with Crippen molar-refractivity contribution in [3.63, 3.8) is 0 Å². The van der Waals surface area contributed by atoms with Gasteiger partial charge in [-0.05, 0) is 39.9 Å². The molecule has 0 aromatic rings. The van der Waals surface area contributed by atoms with E-state index >= 15 is 0 Å². The summed E-state index contributed by atoms with van der Waals surface area (Å²) >= 11 is 0. The number of hydrogen-bond donors (Lipinski definition) is 0. The van der Waals surface area contributed by atoms with Crippen LogP contribution in [0.3, 0.4) is 0 Å². The van der Waals surface area contributed by atoms with Gasteiger partial charge in [0.25, 0.3) is 0 Å². The van der Waals surface area contributed by atoms with Crippen LogP contribution in [0.15, 0.2) is 0 Å². The minimum Gasteiger partial charge on any atom is -0.304 e. The Morgan fingerprint density at radius 3 is 2.05 bits per heavy atom. The molecule has 2 saturated heterocycles. The average molecular weight is 282 g/mol. The summed E-state index contributed by atoms with van der Waals surface area (Å²) in [5.41, 5.74) is 0. The molecule has 2 aliphatic heterocycles. The molecule has 0 bridgehead atoms. The van der Waals surface area contributed by atoms with E-state index in [1.54, 1.807) is 0 Å². The quantitative estimate of drug-likeness (QED) is 0.722. The second-order valence-electron chi connectivity index (χ2n) is 6.61. The maximum atomic E-state index is 2.68. The highest BCUT2D eigenvalue weighted by Gasteiger charge is 2.19. The van der Waals surface area contributed by atoms with E-state index in [9.17, 15) is 0 Å². The molecule has 0 spiro atoms. The van der Waals surface area contributed by atoms with E-state index in [1.807, 2.05) is 0 Å². The molecular formula is C16H34N4. The Hall–Kier alpha value is -0.160. The Morgan fingerprint density at radius 2 is 1.45 bits per heavy atom. The highest BCUT2D eigenvalue weighted by Crippen LogP contribution is 2.11. The SMILES string of the molecule is CCN1CCN(CCCC(C)N2CCN(C)CC2)CC1. The third-order valence-corrected chi connectivity index (χ3v) is 5.17. The Balaban J connectivity index is 1.56. The predicted molar refractivity (Wildman–Crippen MR) is 86.3 cm³/mol. The third kappa shape index (κ3) is 4.99. The van der Waals surface area contributed by atoms with Gasteiger partial charge in [0.2, 0.25) is 0 Å². The standard InChI is InChI=1S/C16H34N4/c1-4-18-10-12-19(13-11-18)7-5-6-16(2)20-14-8-17(3)9-15-20/h16H,4-15H2,1-3H3. The lowest BCUT2D eigenvalue weighted by molar-refractivity contribution is 0.105. The van der Waals surface area contributed by atoms with Crippen molar-refractivity contribution >= 4 is 0 Å². The lowest BCUT2D eigenvalue weighted by atomic mass is 10.1. The van der Waals surface area contributed by atoms with Crippen LogP contribution in [0.1, 0.15) is 26.7 Å². The van der Waals surface area contributed by atoms with Crippen LogP contribution in [0.4, 0.5) is 0 Å². The number of piperazine rings is 2. The van der Waals surface area contributed by atoms with Gasteiger partial charge in [0, 0.05) is 58.4 Å². The Labute approximate surface area is 125 Å². The zero-order valence-electron chi connectivity index (χ0n) is 13.9. The zero-order valence-corrected chi connectivity index (χ0v) is 13.9. The van der Waals surface area contributed by atoms with Gasteiger partial charge in [-0.15, -0.1) is 0 Å². The smallest absolute Gasteiger partial charge is 0.0113 e. The van der Waals surface area contributed by atoms with Gasteiger partial charge in [0.15, 0.2) is 0 Å². The van der Waals surface area contributed by atoms with Crippen molar-refractivity contribution in [2.24, 2.45) is 0 Å². The van der Waals surface area contributed by atoms with Crippen molar-refractivity contribution in [3.8, 4) is 0 Å². The molecule has 0 N–H and O–H groups in total. The van der Waals surface area contributed by atoms with Gasteiger partial charge in [-0.2, -0.15) is 0 Å². The topological polar surface area (TPSA) is 13.0 Å². The van der Waals surface area contributed by atoms with E-state index in [2.05, 4.69) is 40.5 Å². The van der Waals surface area contributed by atoms with Crippen LogP contribution in [0.5, 0.6) is 0 Å². The van der Waals surface area contributed by atoms with Gasteiger partial charge in [0.05, 0.1) is 0 Å². The largest absolute Gasteiger partial charge is 0.304 e. The predicted octanol–water partition coefficient (Wildman–Crippen LogP) is 1.04. The molecule has 0 saturated carbocycles. The summed E-state index contributed by atoms with van der Waals surface area (Å²) in [6.45, 7) is 17.3. The van der Waals surface area contributed by atoms with Crippen molar-refractivity contribution < 1.29 is 0 Å². The van der Waals surface area contributed by atoms with Crippen molar-refractivity contribution in [3.05, 3.63) is 0 Å². The molecule has 0 aromatic heterocycles. The van der Waals surface area contributed by atoms with Gasteiger partial charge in [-0.3, -0.25) is 4.90 Å². The first-order chi connectivity index (χ1) is 9.69. The van der Waals surface area contributed by atoms with Crippen LogP contribution in [-0.4, -0.2) is 98.1 Å². The van der Waals surface area contributed by atoms with E-state index < -0.39 is 0 Å². The van der Waals surface area contributed by atoms with E-state index in [0.717, 1.165) is 6.04 Å². The minimum absolute atomic E-state index is 0.764. The molecule has 1 atom stereocenters. The molecule has 4 heteroatoms. The lowest BCUT2D eigenvalue weighted by Crippen LogP contribution is -2.48. The number of likely N-dealkylation sites (N-methyl/N-ethyl adjacent to an activating group) is 2. The highest BCUT2D eigenvalue weighted by molar-refractivity contribution is 4.76. The summed E-state index contributed by atoms with van der Waals surface area (Å²) in [6, 6.07) is 0.764. The second kappa shape index (κ2) is 8.32. The Bertz CT molecular complexity index is 255. The Kier molecular flexibility index (Phi) is 6.75. The molecule has 2 rings (SSSR count). The van der Waals surface area contributed by atoms with Crippen molar-refractivity contribution in [2.75, 3.05) is 72.5 Å². The van der Waals surface area contributed by atoms with Crippen LogP contribution in [0.25, 0.3) is 0 Å². The van der Waals surface area contributed by atoms with Crippen LogP contribution in [0, 0.1) is 0 Å². The van der Waals surface area contributed by atoms with Crippen molar-refractivity contribution in [1.82, 2.24) is 19.6 Å². The molecule has 0 amide bonds. The molecule has 2 fully saturated rings. The third-order valence-electron chi connectivity index (χ3n) is 5.17. The first kappa shape index (κ1) is 16.2. The summed E-state index contributed by atoms with van der Waals surface area (Å²) < 4.78 is 0. The Morgan fingerprint density at radius 1 is 0.850 bits per heavy atom. The summed E-state index contributed by atoms with van der Waals surface area (Å²) in [7, 11) is 2.23. The molecule has 4 nitrogen and oxygen atoms in total. The van der Waals surface area contributed by atoms with Crippen LogP contribution < -0.4 is 0 Å². The summed E-state index contributed by atoms with van der Waals surface area (Å²) in [5.74, 6) is 0. The van der Waals surface area contributed by atoms with Gasteiger partial charge < -0.3 is 14.7 Å². The van der Waals surface area contributed by atoms with Crippen LogP contribution in [-0.2, 0) is 0 Å². The average Bonchev–Trinajstić information content (AvgIpc) is 2.48. The van der Waals surface area contributed by atoms with Crippen LogP contribution >= 0.6 is 0 Å². The molecule has 2 heterocycles. The summed E-state index contributed by atoms with van der Waals surface area (Å²) in [6.07, 6.45) is 2.72. The van der Waals surface area contributed by atoms with Crippen molar-refractivity contribution in [1.29, 1.82) is 0 Å². The molecule has 2 aliphatic rings. The number of nitrogens with zero attached hydrogens (tertiary/aromatic N) is 4. The molecular weight excluding hydrogens is 248 g/mol. The van der Waals surface area contributed by atoms with Gasteiger partial charge >= 0.3 is 0 Å². The normalized spacial score (nSPS) is 25.9.